The molecule has 0 bridgehead atoms. The van der Waals surface area contributed by atoms with Gasteiger partial charge in [0, 0.05) is 22.2 Å². The summed E-state index contributed by atoms with van der Waals surface area (Å²) in [6.07, 6.45) is 0.993. The van der Waals surface area contributed by atoms with Crippen LogP contribution in [0.4, 0.5) is 4.39 Å². The maximum Gasteiger partial charge on any atom is 0.263 e. The van der Waals surface area contributed by atoms with Gasteiger partial charge in [0.2, 0.25) is 0 Å². The van der Waals surface area contributed by atoms with E-state index in [0.717, 1.165) is 12.8 Å². The topological polar surface area (TPSA) is 46.6 Å². The van der Waals surface area contributed by atoms with Crippen molar-refractivity contribution in [1.82, 2.24) is 4.90 Å². The number of amides is 1. The van der Waals surface area contributed by atoms with Gasteiger partial charge in [-0.05, 0) is 51.0 Å². The number of benzene rings is 2. The Labute approximate surface area is 162 Å². The minimum absolute atomic E-state index is 0.0720. The van der Waals surface area contributed by atoms with Crippen LogP contribution in [-0.4, -0.2) is 28.7 Å². The van der Waals surface area contributed by atoms with Gasteiger partial charge in [-0.1, -0.05) is 29.8 Å². The standard InChI is InChI=1S/C21H21ClFNO3/c1-13(25)15-5-3-6-17(11-15)27-14(2)21(26)24(16-9-10-16)12-18-19(22)7-4-8-20(18)23/h3-8,11,14,16H,9-10,12H2,1-2H3. The molecule has 3 rings (SSSR count). The number of hydrogen-bond donors (Lipinski definition) is 0. The largest absolute Gasteiger partial charge is 0.481 e. The first-order chi connectivity index (χ1) is 12.9. The lowest BCUT2D eigenvalue weighted by Gasteiger charge is -2.27. The van der Waals surface area contributed by atoms with Gasteiger partial charge < -0.3 is 9.64 Å². The number of carbonyl (C=O) groups is 2. The Kier molecular flexibility index (Phi) is 5.80. The van der Waals surface area contributed by atoms with Crippen LogP contribution in [0.5, 0.6) is 5.75 Å². The third-order valence-electron chi connectivity index (χ3n) is 4.56. The monoisotopic (exact) mass is 389 g/mol. The lowest BCUT2D eigenvalue weighted by atomic mass is 10.1. The van der Waals surface area contributed by atoms with E-state index in [1.165, 1.54) is 19.1 Å². The fourth-order valence-electron chi connectivity index (χ4n) is 2.90. The van der Waals surface area contributed by atoms with Gasteiger partial charge in [-0.2, -0.15) is 0 Å². The van der Waals surface area contributed by atoms with Crippen LogP contribution in [0.3, 0.4) is 0 Å². The highest BCUT2D eigenvalue weighted by atomic mass is 35.5. The Morgan fingerprint density at radius 3 is 2.59 bits per heavy atom. The van der Waals surface area contributed by atoms with E-state index in [1.807, 2.05) is 0 Å². The SMILES string of the molecule is CC(=O)c1cccc(OC(C)C(=O)N(Cc2c(F)cccc2Cl)C2CC2)c1. The van der Waals surface area contributed by atoms with E-state index in [9.17, 15) is 14.0 Å². The van der Waals surface area contributed by atoms with Gasteiger partial charge in [0.1, 0.15) is 11.6 Å². The van der Waals surface area contributed by atoms with Crippen LogP contribution in [0.1, 0.15) is 42.6 Å². The van der Waals surface area contributed by atoms with E-state index in [-0.39, 0.29) is 24.3 Å². The first-order valence-electron chi connectivity index (χ1n) is 8.88. The Morgan fingerprint density at radius 1 is 1.26 bits per heavy atom. The van der Waals surface area contributed by atoms with Gasteiger partial charge in [0.15, 0.2) is 11.9 Å². The number of rotatable bonds is 7. The fourth-order valence-corrected chi connectivity index (χ4v) is 3.13. The first-order valence-corrected chi connectivity index (χ1v) is 9.25. The van der Waals surface area contributed by atoms with E-state index < -0.39 is 11.9 Å². The van der Waals surface area contributed by atoms with Crippen LogP contribution in [0.25, 0.3) is 0 Å². The number of carbonyl (C=O) groups excluding carboxylic acids is 2. The van der Waals surface area contributed by atoms with E-state index in [2.05, 4.69) is 0 Å². The van der Waals surface area contributed by atoms with Crippen molar-refractivity contribution in [1.29, 1.82) is 0 Å². The summed E-state index contributed by atoms with van der Waals surface area (Å²) in [5.74, 6) is -0.287. The fraction of sp³-hybridized carbons (Fsp3) is 0.333. The summed E-state index contributed by atoms with van der Waals surface area (Å²) in [7, 11) is 0. The Balaban J connectivity index is 1.75. The molecule has 6 heteroatoms. The average Bonchev–Trinajstić information content (AvgIpc) is 3.46. The van der Waals surface area contributed by atoms with E-state index in [1.54, 1.807) is 42.2 Å². The molecule has 27 heavy (non-hydrogen) atoms. The summed E-state index contributed by atoms with van der Waals surface area (Å²) in [5.41, 5.74) is 0.828. The zero-order valence-electron chi connectivity index (χ0n) is 15.2. The quantitative estimate of drug-likeness (QED) is 0.648. The van der Waals surface area contributed by atoms with Gasteiger partial charge in [0.05, 0.1) is 6.54 Å². The second-order valence-corrected chi connectivity index (χ2v) is 7.15. The zero-order valence-corrected chi connectivity index (χ0v) is 16.0. The van der Waals surface area contributed by atoms with Crippen molar-refractivity contribution in [3.05, 3.63) is 64.4 Å². The van der Waals surface area contributed by atoms with Crippen LogP contribution in [0.15, 0.2) is 42.5 Å². The molecule has 1 fully saturated rings. The van der Waals surface area contributed by atoms with E-state index in [0.29, 0.717) is 21.9 Å². The van der Waals surface area contributed by atoms with Crippen molar-refractivity contribution >= 4 is 23.3 Å². The number of halogens is 2. The maximum atomic E-state index is 14.1. The van der Waals surface area contributed by atoms with Crippen LogP contribution < -0.4 is 4.74 Å². The number of nitrogens with zero attached hydrogens (tertiary/aromatic N) is 1. The van der Waals surface area contributed by atoms with Crippen molar-refractivity contribution in [3.63, 3.8) is 0 Å². The number of Topliss-reactive ketones (excluding diaryl/α,β-unsaturated/α-hetero) is 1. The lowest BCUT2D eigenvalue weighted by Crippen LogP contribution is -2.41. The van der Waals surface area contributed by atoms with Crippen LogP contribution in [0.2, 0.25) is 5.02 Å². The molecule has 0 N–H and O–H groups in total. The minimum atomic E-state index is -0.765. The summed E-state index contributed by atoms with van der Waals surface area (Å²) < 4.78 is 19.9. The number of hydrogen-bond acceptors (Lipinski definition) is 3. The third-order valence-corrected chi connectivity index (χ3v) is 4.92. The second-order valence-electron chi connectivity index (χ2n) is 6.74. The maximum absolute atomic E-state index is 14.1. The summed E-state index contributed by atoms with van der Waals surface area (Å²) in [6.45, 7) is 3.23. The number of ketones is 1. The van der Waals surface area contributed by atoms with Gasteiger partial charge in [-0.3, -0.25) is 9.59 Å². The zero-order chi connectivity index (χ0) is 19.6. The van der Waals surface area contributed by atoms with Gasteiger partial charge in [-0.25, -0.2) is 4.39 Å². The van der Waals surface area contributed by atoms with Crippen LogP contribution in [-0.2, 0) is 11.3 Å². The second kappa shape index (κ2) is 8.09. The van der Waals surface area contributed by atoms with Crippen molar-refractivity contribution in [2.45, 2.75) is 45.4 Å². The van der Waals surface area contributed by atoms with E-state index >= 15 is 0 Å². The van der Waals surface area contributed by atoms with E-state index in [4.69, 9.17) is 16.3 Å². The third kappa shape index (κ3) is 4.66. The molecule has 1 saturated carbocycles. The molecule has 1 atom stereocenters. The highest BCUT2D eigenvalue weighted by Crippen LogP contribution is 2.31. The van der Waals surface area contributed by atoms with Crippen molar-refractivity contribution in [3.8, 4) is 5.75 Å². The molecule has 0 spiro atoms. The minimum Gasteiger partial charge on any atom is -0.481 e. The van der Waals surface area contributed by atoms with Crippen LogP contribution in [0, 0.1) is 5.82 Å². The van der Waals surface area contributed by atoms with Crippen molar-refractivity contribution in [2.75, 3.05) is 0 Å². The number of ether oxygens (including phenoxy) is 1. The molecule has 2 aromatic carbocycles. The molecule has 0 aliphatic heterocycles. The first kappa shape index (κ1) is 19.4. The van der Waals surface area contributed by atoms with Gasteiger partial charge in [0.25, 0.3) is 5.91 Å². The molecule has 142 valence electrons. The molecule has 4 nitrogen and oxygen atoms in total. The van der Waals surface area contributed by atoms with Gasteiger partial charge in [-0.15, -0.1) is 0 Å². The Hall–Kier alpha value is -2.40. The summed E-state index contributed by atoms with van der Waals surface area (Å²) >= 11 is 6.12. The predicted molar refractivity (Wildman–Crippen MR) is 102 cm³/mol. The Morgan fingerprint density at radius 2 is 1.96 bits per heavy atom. The molecule has 1 aliphatic carbocycles. The molecule has 1 amide bonds. The smallest absolute Gasteiger partial charge is 0.263 e. The molecule has 0 radical (unpaired) electrons. The molecule has 0 saturated heterocycles. The summed E-state index contributed by atoms with van der Waals surface area (Å²) in [4.78, 5) is 26.1. The normalized spacial score (nSPS) is 14.5. The lowest BCUT2D eigenvalue weighted by molar-refractivity contribution is -0.139. The summed E-state index contributed by atoms with van der Waals surface area (Å²) in [5, 5.41) is 0.302. The molecule has 0 aromatic heterocycles. The van der Waals surface area contributed by atoms with Crippen molar-refractivity contribution < 1.29 is 18.7 Å². The molecule has 2 aromatic rings. The molecular weight excluding hydrogens is 369 g/mol. The highest BCUT2D eigenvalue weighted by Gasteiger charge is 2.36. The molecule has 0 heterocycles. The Bertz CT molecular complexity index is 846. The summed E-state index contributed by atoms with van der Waals surface area (Å²) in [6, 6.07) is 11.3. The average molecular weight is 390 g/mol. The van der Waals surface area contributed by atoms with Gasteiger partial charge >= 0.3 is 0 Å². The highest BCUT2D eigenvalue weighted by molar-refractivity contribution is 6.31. The van der Waals surface area contributed by atoms with Crippen LogP contribution >= 0.6 is 11.6 Å². The molecular formula is C21H21ClFNO3. The molecule has 1 aliphatic rings. The van der Waals surface area contributed by atoms with Crippen molar-refractivity contribution in [2.24, 2.45) is 0 Å². The predicted octanol–water partition coefficient (Wildman–Crippen LogP) is 4.64. The molecule has 1 unspecified atom stereocenters.